The van der Waals surface area contributed by atoms with Gasteiger partial charge >= 0.3 is 5.97 Å². The number of benzene rings is 2. The molecule has 5 aliphatic heterocycles. The molecule has 0 unspecified atom stereocenters. The van der Waals surface area contributed by atoms with Crippen molar-refractivity contribution >= 4 is 74.8 Å². The molecule has 2 bridgehead atoms. The Morgan fingerprint density at radius 3 is 2.12 bits per heavy atom. The number of carbonyl (C=O) groups is 6. The van der Waals surface area contributed by atoms with E-state index in [1.807, 2.05) is 66.8 Å². The largest absolute Gasteiger partial charge is 0.460 e. The number of hydrogen-bond donors (Lipinski definition) is 6. The summed E-state index contributed by atoms with van der Waals surface area (Å²) in [6, 6.07) is 10.9. The fourth-order valence-corrected chi connectivity index (χ4v) is 19.3. The van der Waals surface area contributed by atoms with E-state index in [0.717, 1.165) is 67.5 Å². The number of nitrogen functional groups attached to an aromatic ring is 2. The number of rotatable bonds is 40. The number of Topliss-reactive ketones (excluding diaryl/α,β-unsaturated/α-hetero) is 3. The van der Waals surface area contributed by atoms with Crippen LogP contribution in [0.4, 0.5) is 11.8 Å². The van der Waals surface area contributed by atoms with Crippen molar-refractivity contribution in [2.24, 2.45) is 46.6 Å². The lowest BCUT2D eigenvalue weighted by molar-refractivity contribution is -0.265. The number of ketones is 3. The number of carbonyl (C=O) groups excluding carboxylic acids is 6. The van der Waals surface area contributed by atoms with Crippen LogP contribution in [-0.2, 0) is 105 Å². The number of hydrogen-bond acceptors (Lipinski definition) is 31. The van der Waals surface area contributed by atoms with Crippen LogP contribution in [0.5, 0.6) is 0 Å². The Balaban J connectivity index is 0.531. The Hall–Kier alpha value is -8.69. The zero-order chi connectivity index (χ0) is 96.5. The molecule has 0 radical (unpaired) electrons. The first-order valence-corrected chi connectivity index (χ1v) is 48.8. The van der Waals surface area contributed by atoms with E-state index in [2.05, 4.69) is 56.2 Å². The highest BCUT2D eigenvalue weighted by Crippen LogP contribution is 2.40. The number of nitrogens with zero attached hydrogens (tertiary/aromatic N) is 9. The summed E-state index contributed by atoms with van der Waals surface area (Å²) in [6.45, 7) is 21.4. The number of ether oxygens (including phenoxy) is 11. The van der Waals surface area contributed by atoms with Gasteiger partial charge in [-0.05, 0) is 193 Å². The molecule has 3 saturated heterocycles. The summed E-state index contributed by atoms with van der Waals surface area (Å²) in [6.07, 6.45) is 17.7. The second-order valence-electron chi connectivity index (χ2n) is 37.8. The minimum absolute atomic E-state index is 0.0140. The molecule has 0 spiro atoms. The maximum Gasteiger partial charge on any atom is 0.329 e. The third-order valence-corrected chi connectivity index (χ3v) is 27.5. The van der Waals surface area contributed by atoms with Crippen molar-refractivity contribution in [3.63, 3.8) is 0 Å². The zero-order valence-electron chi connectivity index (χ0n) is 81.0. The van der Waals surface area contributed by atoms with Gasteiger partial charge in [0, 0.05) is 103 Å². The molecule has 34 nitrogen and oxygen atoms in total. The third-order valence-electron chi connectivity index (χ3n) is 27.5. The molecule has 1 aliphatic carbocycles. The number of amides is 2. The molecule has 8 N–H and O–H groups in total. The molecule has 6 aliphatic rings. The van der Waals surface area contributed by atoms with Crippen LogP contribution >= 0.6 is 0 Å². The summed E-state index contributed by atoms with van der Waals surface area (Å²) < 4.78 is 71.8. The molecule has 2 amide bonds. The molecule has 3 aromatic heterocycles. The normalized spacial score (nSPS) is 27.9. The molecule has 4 fully saturated rings. The molecule has 16 atom stereocenters. The minimum Gasteiger partial charge on any atom is -0.460 e. The lowest BCUT2D eigenvalue weighted by atomic mass is 9.78. The van der Waals surface area contributed by atoms with Gasteiger partial charge in [0.05, 0.1) is 127 Å². The summed E-state index contributed by atoms with van der Waals surface area (Å²) in [5.74, 6) is -6.49. The zero-order valence-corrected chi connectivity index (χ0v) is 81.0. The van der Waals surface area contributed by atoms with Crippen LogP contribution in [-0.4, -0.2) is 301 Å². The first-order chi connectivity index (χ1) is 65.1. The second-order valence-corrected chi connectivity index (χ2v) is 37.8. The summed E-state index contributed by atoms with van der Waals surface area (Å²) in [5, 5.41) is 57.5. The number of piperidine rings is 2. The smallest absolute Gasteiger partial charge is 0.329 e. The van der Waals surface area contributed by atoms with Crippen LogP contribution in [0.25, 0.3) is 33.4 Å². The highest BCUT2D eigenvalue weighted by atomic mass is 16.6. The van der Waals surface area contributed by atoms with Gasteiger partial charge in [0.15, 0.2) is 23.6 Å². The van der Waals surface area contributed by atoms with Gasteiger partial charge in [-0.15, -0.1) is 0 Å². The molecule has 34 heteroatoms. The lowest BCUT2D eigenvalue weighted by Gasteiger charge is -2.43. The first kappa shape index (κ1) is 107. The van der Waals surface area contributed by atoms with Crippen LogP contribution in [0, 0.1) is 41.4 Å². The van der Waals surface area contributed by atoms with Crippen LogP contribution in [0.2, 0.25) is 0 Å². The highest BCUT2D eigenvalue weighted by molar-refractivity contribution is 6.39. The molecular formula is C101H149N11O23. The van der Waals surface area contributed by atoms with Crippen molar-refractivity contribution in [2.45, 2.75) is 257 Å². The van der Waals surface area contributed by atoms with E-state index in [4.69, 9.17) is 77.9 Å². The van der Waals surface area contributed by atoms with Crippen molar-refractivity contribution in [1.29, 1.82) is 0 Å². The van der Waals surface area contributed by atoms with Crippen LogP contribution in [0.15, 0.2) is 99.9 Å². The maximum absolute atomic E-state index is 14.7. The molecule has 1 saturated carbocycles. The number of anilines is 2. The van der Waals surface area contributed by atoms with Crippen molar-refractivity contribution in [2.75, 3.05) is 151 Å². The summed E-state index contributed by atoms with van der Waals surface area (Å²) in [5.41, 5.74) is 20.5. The number of fused-ring (bicyclic) bond motifs is 6. The van der Waals surface area contributed by atoms with Gasteiger partial charge in [0.25, 0.3) is 17.7 Å². The van der Waals surface area contributed by atoms with Gasteiger partial charge in [0.1, 0.15) is 53.5 Å². The fraction of sp³-hybridized carbons (Fsp3) is 0.673. The summed E-state index contributed by atoms with van der Waals surface area (Å²) in [4.78, 5) is 108. The number of aromatic nitrogens is 5. The third kappa shape index (κ3) is 31.4. The fourth-order valence-electron chi connectivity index (χ4n) is 19.3. The van der Waals surface area contributed by atoms with Gasteiger partial charge in [-0.1, -0.05) is 101 Å². The second kappa shape index (κ2) is 54.0. The van der Waals surface area contributed by atoms with Crippen LogP contribution < -0.4 is 11.5 Å². The Morgan fingerprint density at radius 1 is 0.689 bits per heavy atom. The Labute approximate surface area is 794 Å². The number of nitrogens with two attached hydrogens (primary N) is 2. The number of aliphatic hydroxyl groups excluding tert-OH is 3. The first-order valence-electron chi connectivity index (χ1n) is 48.8. The Bertz CT molecular complexity index is 4780. The van der Waals surface area contributed by atoms with E-state index in [-0.39, 0.29) is 85.7 Å². The van der Waals surface area contributed by atoms with E-state index in [0.29, 0.717) is 240 Å². The van der Waals surface area contributed by atoms with Gasteiger partial charge in [-0.3, -0.25) is 28.9 Å². The number of methoxy groups -OCH3 is 3. The van der Waals surface area contributed by atoms with Gasteiger partial charge in [-0.2, -0.15) is 10.1 Å². The van der Waals surface area contributed by atoms with Crippen LogP contribution in [0.1, 0.15) is 194 Å². The predicted octanol–water partition coefficient (Wildman–Crippen LogP) is 10.8. The SMILES string of the molecule is CO[C@H]1C[C@@H]2CC[C@@H](C)[C@@](O)(O2)C(=O)C(=O)N2CCCC[C@H]2C(=O)O[C@H]([C@H](C)C[C@@H]2CC[C@@H](O)[C@H](OC)C2)C[C@@H](O)[C@H](C)/C=C(\C)[C@@H](O)[C@@H](OC)C(=NOCC(=O)CCCCCOCCOCCOCCOCCOCCOCCC(=O)CC2CCN(CC(=O)N3CCc4cc(Cn5nc(-c6ccc7oc(N)nc7c6)c6c(N)ncnc65)ccc4C3)CC2)[C@H](C)C[C@H](C)/C=C/C=C/C=C/1C. The number of aliphatic hydroxyl groups is 4. The van der Waals surface area contributed by atoms with E-state index < -0.39 is 84.1 Å². The van der Waals surface area contributed by atoms with Crippen molar-refractivity contribution in [1.82, 2.24) is 39.4 Å². The van der Waals surface area contributed by atoms with E-state index in [9.17, 15) is 49.2 Å². The predicted molar refractivity (Wildman–Crippen MR) is 508 cm³/mol. The van der Waals surface area contributed by atoms with E-state index in [1.165, 1.54) is 23.9 Å². The molecular weight excluding hydrogens is 1740 g/mol. The maximum atomic E-state index is 14.7. The topological polar surface area (TPSA) is 438 Å². The Kier molecular flexibility index (Phi) is 42.7. The van der Waals surface area contributed by atoms with Crippen molar-refractivity contribution in [3.8, 4) is 11.3 Å². The average molecular weight is 1890 g/mol. The quantitative estimate of drug-likeness (QED) is 0.00697. The van der Waals surface area contributed by atoms with E-state index >= 15 is 0 Å². The minimum atomic E-state index is -2.46. The molecule has 746 valence electrons. The van der Waals surface area contributed by atoms with Crippen molar-refractivity contribution < 1.29 is 111 Å². The molecule has 8 heterocycles. The molecule has 2 aromatic carbocycles. The van der Waals surface area contributed by atoms with Crippen LogP contribution in [0.3, 0.4) is 0 Å². The number of likely N-dealkylation sites (tertiary alicyclic amines) is 1. The Morgan fingerprint density at radius 2 is 1.41 bits per heavy atom. The van der Waals surface area contributed by atoms with Gasteiger partial charge in [0.2, 0.25) is 11.7 Å². The lowest BCUT2D eigenvalue weighted by Crippen LogP contribution is -2.61. The number of esters is 1. The number of oxime groups is 1. The molecule has 11 rings (SSSR count). The summed E-state index contributed by atoms with van der Waals surface area (Å²) >= 11 is 0. The number of allylic oxidation sites excluding steroid dienone is 5. The molecule has 135 heavy (non-hydrogen) atoms. The highest BCUT2D eigenvalue weighted by Gasteiger charge is 2.53. The number of oxazole rings is 1. The van der Waals surface area contributed by atoms with Gasteiger partial charge < -0.3 is 103 Å². The van der Waals surface area contributed by atoms with Crippen molar-refractivity contribution in [3.05, 3.63) is 107 Å². The summed E-state index contributed by atoms with van der Waals surface area (Å²) in [7, 11) is 4.63. The standard InChI is InChI=1S/C101H149N11O23/c1-65-19-13-11-14-20-66(2)86(123-8)58-80-28-23-71(7)101(122,135-80)95(119)98(120)111-35-17-16-22-82(111)99(121)133-87(68(4)53-73-25-29-83(115)88(56-73)124-9)59-84(116)67(3)52-70(6)93(118)94(125-10)91(69(5)51-65)108-132-63-79(114)21-15-12-18-39-126-41-43-128-45-47-130-49-50-131-48-46-129-44-42-127-40-34-78(113)55-72-31-36-109(37-32-72)62-89(117)110-38-33-75-54-74(24-26-77(75)61-110)60-112-97-90(96(102)104-64-105-97)92(107-112)76-27-30-85-81(57-76)106-100(103)134-85/h11,13-14,19-20,24,26-27,30,52,54,57,64-65,67-69,71-73,80,82-84,86-88,93-94,115-116,118,122H,12,15-18,21-23,25,28-29,31-51,53,55-56,58-63H2,1-10H3,(H2,103,106)(H2,102,104,105)/b14-11+,19-13+,66-20+,70-52+,108-91?/t65-,67-,68-,69-,71-,73+,80+,82+,83-,84-,86+,87+,88-,93-,94+,101-/m1/s1. The van der Waals surface area contributed by atoms with E-state index in [1.54, 1.807) is 47.1 Å². The molecule has 5 aromatic rings. The average Bonchev–Trinajstić information content (AvgIpc) is 1.71. The monoisotopic (exact) mass is 1880 g/mol. The number of cyclic esters (lactones) is 1. The van der Waals surface area contributed by atoms with Gasteiger partial charge in [-0.25, -0.2) is 19.4 Å². The number of unbranched alkanes of at least 4 members (excludes halogenated alkanes) is 2.